The highest BCUT2D eigenvalue weighted by atomic mass is 32.1. The molecule has 1 amide bonds. The summed E-state index contributed by atoms with van der Waals surface area (Å²) in [5.74, 6) is 0.0590. The Morgan fingerprint density at radius 2 is 2.00 bits per heavy atom. The predicted octanol–water partition coefficient (Wildman–Crippen LogP) is 2.45. The molecule has 2 unspecified atom stereocenters. The van der Waals surface area contributed by atoms with Crippen molar-refractivity contribution in [2.75, 3.05) is 0 Å². The van der Waals surface area contributed by atoms with Crippen LogP contribution < -0.4 is 10.6 Å². The van der Waals surface area contributed by atoms with E-state index in [1.165, 1.54) is 24.2 Å². The second-order valence-corrected chi connectivity index (χ2v) is 7.91. The molecule has 4 nitrogen and oxygen atoms in total. The highest BCUT2D eigenvalue weighted by Gasteiger charge is 2.35. The summed E-state index contributed by atoms with van der Waals surface area (Å²) in [4.78, 5) is 17.7. The maximum absolute atomic E-state index is 12.5. The van der Waals surface area contributed by atoms with E-state index in [0.29, 0.717) is 18.1 Å². The molecule has 5 heteroatoms. The topological polar surface area (TPSA) is 54.0 Å². The molecule has 2 saturated heterocycles. The normalized spacial score (nSPS) is 29.4. The van der Waals surface area contributed by atoms with Crippen molar-refractivity contribution in [1.82, 2.24) is 15.6 Å². The van der Waals surface area contributed by atoms with Crippen LogP contribution in [0.2, 0.25) is 0 Å². The van der Waals surface area contributed by atoms with Crippen molar-refractivity contribution < 1.29 is 4.79 Å². The second-order valence-electron chi connectivity index (χ2n) is 7.06. The molecule has 1 aromatic rings. The Balaban J connectivity index is 1.69. The predicted molar refractivity (Wildman–Crippen MR) is 81.2 cm³/mol. The molecule has 2 aliphatic rings. The number of thiazole rings is 1. The Morgan fingerprint density at radius 3 is 2.60 bits per heavy atom. The van der Waals surface area contributed by atoms with Gasteiger partial charge in [0.2, 0.25) is 0 Å². The van der Waals surface area contributed by atoms with Gasteiger partial charge in [-0.2, -0.15) is 0 Å². The molecule has 2 bridgehead atoms. The zero-order chi connectivity index (χ0) is 14.3. The van der Waals surface area contributed by atoms with Crippen LogP contribution in [0.15, 0.2) is 5.51 Å². The van der Waals surface area contributed by atoms with E-state index in [2.05, 4.69) is 36.4 Å². The SMILES string of the molecule is CC(C)(C)c1ncsc1C(=O)NC1CC2CCC(C1)N2. The number of hydrogen-bond donors (Lipinski definition) is 2. The summed E-state index contributed by atoms with van der Waals surface area (Å²) in [5.41, 5.74) is 2.61. The van der Waals surface area contributed by atoms with Gasteiger partial charge < -0.3 is 10.6 Å². The van der Waals surface area contributed by atoms with Crippen molar-refractivity contribution in [2.24, 2.45) is 0 Å². The molecule has 2 aliphatic heterocycles. The third-order valence-electron chi connectivity index (χ3n) is 4.29. The molecule has 20 heavy (non-hydrogen) atoms. The molecule has 3 heterocycles. The first-order valence-corrected chi connectivity index (χ1v) is 8.32. The molecular weight excluding hydrogens is 270 g/mol. The minimum absolute atomic E-state index is 0.0590. The van der Waals surface area contributed by atoms with Crippen molar-refractivity contribution in [1.29, 1.82) is 0 Å². The summed E-state index contributed by atoms with van der Waals surface area (Å²) in [6, 6.07) is 1.52. The van der Waals surface area contributed by atoms with E-state index in [1.54, 1.807) is 5.51 Å². The lowest BCUT2D eigenvalue weighted by atomic mass is 9.91. The van der Waals surface area contributed by atoms with Crippen molar-refractivity contribution in [3.05, 3.63) is 16.1 Å². The second kappa shape index (κ2) is 5.11. The Morgan fingerprint density at radius 1 is 1.35 bits per heavy atom. The smallest absolute Gasteiger partial charge is 0.263 e. The highest BCUT2D eigenvalue weighted by molar-refractivity contribution is 7.11. The molecule has 0 aromatic carbocycles. The van der Waals surface area contributed by atoms with Gasteiger partial charge in [0, 0.05) is 23.5 Å². The Bertz CT molecular complexity index is 493. The van der Waals surface area contributed by atoms with Crippen molar-refractivity contribution in [3.63, 3.8) is 0 Å². The molecule has 3 rings (SSSR count). The molecular formula is C15H23N3OS. The van der Waals surface area contributed by atoms with Crippen molar-refractivity contribution in [2.45, 2.75) is 70.0 Å². The molecule has 0 spiro atoms. The van der Waals surface area contributed by atoms with Gasteiger partial charge in [0.15, 0.2) is 0 Å². The van der Waals surface area contributed by atoms with Gasteiger partial charge in [-0.25, -0.2) is 4.98 Å². The van der Waals surface area contributed by atoms with Gasteiger partial charge in [-0.1, -0.05) is 20.8 Å². The minimum Gasteiger partial charge on any atom is -0.348 e. The quantitative estimate of drug-likeness (QED) is 0.880. The van der Waals surface area contributed by atoms with Gasteiger partial charge in [0.05, 0.1) is 11.2 Å². The fourth-order valence-corrected chi connectivity index (χ4v) is 4.27. The number of nitrogens with zero attached hydrogens (tertiary/aromatic N) is 1. The van der Waals surface area contributed by atoms with E-state index in [-0.39, 0.29) is 11.3 Å². The fraction of sp³-hybridized carbons (Fsp3) is 0.733. The first-order chi connectivity index (χ1) is 9.43. The summed E-state index contributed by atoms with van der Waals surface area (Å²) < 4.78 is 0. The van der Waals surface area contributed by atoms with Crippen molar-refractivity contribution >= 4 is 17.2 Å². The Labute approximate surface area is 124 Å². The molecule has 2 N–H and O–H groups in total. The highest BCUT2D eigenvalue weighted by Crippen LogP contribution is 2.29. The molecule has 110 valence electrons. The van der Waals surface area contributed by atoms with E-state index < -0.39 is 0 Å². The van der Waals surface area contributed by atoms with Gasteiger partial charge in [-0.15, -0.1) is 11.3 Å². The van der Waals surface area contributed by atoms with Gasteiger partial charge in [0.1, 0.15) is 4.88 Å². The number of aromatic nitrogens is 1. The van der Waals surface area contributed by atoms with E-state index >= 15 is 0 Å². The van der Waals surface area contributed by atoms with Crippen LogP contribution in [0.25, 0.3) is 0 Å². The third kappa shape index (κ3) is 2.74. The van der Waals surface area contributed by atoms with Gasteiger partial charge >= 0.3 is 0 Å². The molecule has 0 radical (unpaired) electrons. The summed E-state index contributed by atoms with van der Waals surface area (Å²) >= 11 is 1.45. The minimum atomic E-state index is -0.0835. The van der Waals surface area contributed by atoms with Crippen LogP contribution >= 0.6 is 11.3 Å². The number of carbonyl (C=O) groups excluding carboxylic acids is 1. The lowest BCUT2D eigenvalue weighted by Gasteiger charge is -2.29. The van der Waals surface area contributed by atoms with Gasteiger partial charge in [-0.05, 0) is 25.7 Å². The molecule has 2 fully saturated rings. The van der Waals surface area contributed by atoms with E-state index in [0.717, 1.165) is 23.4 Å². The number of carbonyl (C=O) groups is 1. The zero-order valence-corrected chi connectivity index (χ0v) is 13.2. The third-order valence-corrected chi connectivity index (χ3v) is 5.12. The molecule has 0 aliphatic carbocycles. The van der Waals surface area contributed by atoms with Crippen molar-refractivity contribution in [3.8, 4) is 0 Å². The van der Waals surface area contributed by atoms with E-state index in [9.17, 15) is 4.79 Å². The average Bonchev–Trinajstić information content (AvgIpc) is 2.95. The van der Waals surface area contributed by atoms with Gasteiger partial charge in [-0.3, -0.25) is 4.79 Å². The van der Waals surface area contributed by atoms with Crippen LogP contribution in [0.1, 0.15) is 61.8 Å². The molecule has 1 aromatic heterocycles. The Hall–Kier alpha value is -0.940. The van der Waals surface area contributed by atoms with E-state index in [1.807, 2.05) is 0 Å². The van der Waals surface area contributed by atoms with Gasteiger partial charge in [0.25, 0.3) is 5.91 Å². The largest absolute Gasteiger partial charge is 0.348 e. The lowest BCUT2D eigenvalue weighted by Crippen LogP contribution is -2.48. The first kappa shape index (κ1) is 14.0. The summed E-state index contributed by atoms with van der Waals surface area (Å²) in [5, 5.41) is 6.83. The number of hydrogen-bond acceptors (Lipinski definition) is 4. The lowest BCUT2D eigenvalue weighted by molar-refractivity contribution is 0.0925. The molecule has 0 saturated carbocycles. The zero-order valence-electron chi connectivity index (χ0n) is 12.4. The summed E-state index contributed by atoms with van der Waals surface area (Å²) in [6.07, 6.45) is 4.63. The maximum atomic E-state index is 12.5. The standard InChI is InChI=1S/C15H23N3OS/c1-15(2,3)13-12(20-8-16-13)14(19)18-11-6-9-4-5-10(7-11)17-9/h8-11,17H,4-7H2,1-3H3,(H,18,19). The first-order valence-electron chi connectivity index (χ1n) is 7.44. The van der Waals surface area contributed by atoms with Crippen LogP contribution in [0, 0.1) is 0 Å². The Kier molecular flexibility index (Phi) is 3.58. The van der Waals surface area contributed by atoms with Crippen LogP contribution in [-0.2, 0) is 5.41 Å². The number of amides is 1. The van der Waals surface area contributed by atoms with E-state index in [4.69, 9.17) is 0 Å². The van der Waals surface area contributed by atoms with Crippen LogP contribution in [-0.4, -0.2) is 29.0 Å². The monoisotopic (exact) mass is 293 g/mol. The summed E-state index contributed by atoms with van der Waals surface area (Å²) in [6.45, 7) is 6.30. The van der Waals surface area contributed by atoms with Crippen LogP contribution in [0.3, 0.4) is 0 Å². The number of fused-ring (bicyclic) bond motifs is 2. The average molecular weight is 293 g/mol. The maximum Gasteiger partial charge on any atom is 0.263 e. The number of nitrogens with one attached hydrogen (secondary N) is 2. The van der Waals surface area contributed by atoms with Crippen LogP contribution in [0.5, 0.6) is 0 Å². The number of rotatable bonds is 2. The van der Waals surface area contributed by atoms with Crippen LogP contribution in [0.4, 0.5) is 0 Å². The molecule has 2 atom stereocenters. The fourth-order valence-electron chi connectivity index (χ4n) is 3.37. The summed E-state index contributed by atoms with van der Waals surface area (Å²) in [7, 11) is 0. The number of piperidine rings is 1.